The highest BCUT2D eigenvalue weighted by Gasteiger charge is 2.57. The molecule has 34 heavy (non-hydrogen) atoms. The van der Waals surface area contributed by atoms with Gasteiger partial charge in [-0.3, -0.25) is 4.98 Å². The van der Waals surface area contributed by atoms with Crippen LogP contribution in [0.2, 0.25) is 0 Å². The summed E-state index contributed by atoms with van der Waals surface area (Å²) in [6.07, 6.45) is 2.01. The minimum atomic E-state index is -1.09. The van der Waals surface area contributed by atoms with E-state index < -0.39 is 17.7 Å². The molecular formula is C30H29NO3. The molecule has 1 saturated carbocycles. The molecule has 0 amide bonds. The summed E-state index contributed by atoms with van der Waals surface area (Å²) in [5, 5.41) is 13.6. The van der Waals surface area contributed by atoms with E-state index in [0.29, 0.717) is 11.5 Å². The lowest BCUT2D eigenvalue weighted by Gasteiger charge is -2.29. The Kier molecular flexibility index (Phi) is 4.32. The van der Waals surface area contributed by atoms with Gasteiger partial charge in [0.05, 0.1) is 11.1 Å². The second-order valence-electron chi connectivity index (χ2n) is 11.1. The molecule has 4 nitrogen and oxygen atoms in total. The van der Waals surface area contributed by atoms with Crippen molar-refractivity contribution in [1.29, 1.82) is 0 Å². The lowest BCUT2D eigenvalue weighted by atomic mass is 9.85. The Hall–Kier alpha value is -3.24. The quantitative estimate of drug-likeness (QED) is 0.361. The molecule has 0 radical (unpaired) electrons. The summed E-state index contributed by atoms with van der Waals surface area (Å²) in [4.78, 5) is 17.5. The van der Waals surface area contributed by atoms with E-state index in [1.165, 1.54) is 22.9 Å². The van der Waals surface area contributed by atoms with Gasteiger partial charge >= 0.3 is 5.97 Å². The maximum absolute atomic E-state index is 12.6. The normalized spacial score (nSPS) is 21.6. The van der Waals surface area contributed by atoms with Crippen LogP contribution in [0.3, 0.4) is 0 Å². The zero-order chi connectivity index (χ0) is 24.0. The number of aromatic nitrogens is 1. The van der Waals surface area contributed by atoms with Crippen LogP contribution in [0.25, 0.3) is 32.8 Å². The molecule has 0 bridgehead atoms. The predicted octanol–water partition coefficient (Wildman–Crippen LogP) is 7.06. The summed E-state index contributed by atoms with van der Waals surface area (Å²) in [6.45, 7) is 10.0. The second kappa shape index (κ2) is 6.89. The maximum atomic E-state index is 12.6. The first kappa shape index (κ1) is 21.3. The van der Waals surface area contributed by atoms with Crippen LogP contribution in [0.4, 0.5) is 0 Å². The molecule has 3 aromatic carbocycles. The lowest BCUT2D eigenvalue weighted by Crippen LogP contribution is -2.28. The standard InChI is InChI=1S/C30H29NO3/c1-16-14-17-8-6-7-9-18(17)24(23(16)27(28(32)33)34-29(2,3)4)20-10-11-21-25-19(12-13-31-26(20)25)22-15-30(21,22)5/h6-14,22,27H,15H2,1-5H3,(H,32,33). The third kappa shape index (κ3) is 2.94. The molecular weight excluding hydrogens is 422 g/mol. The van der Waals surface area contributed by atoms with Crippen molar-refractivity contribution in [2.45, 2.75) is 64.1 Å². The Morgan fingerprint density at radius 2 is 1.94 bits per heavy atom. The molecule has 0 aliphatic heterocycles. The van der Waals surface area contributed by atoms with Gasteiger partial charge in [-0.05, 0) is 79.1 Å². The number of aliphatic carboxylic acids is 1. The van der Waals surface area contributed by atoms with E-state index in [1.807, 2.05) is 46.0 Å². The molecule has 3 atom stereocenters. The molecule has 1 fully saturated rings. The summed E-state index contributed by atoms with van der Waals surface area (Å²) >= 11 is 0. The van der Waals surface area contributed by atoms with E-state index >= 15 is 0 Å². The van der Waals surface area contributed by atoms with Gasteiger partial charge in [-0.2, -0.15) is 0 Å². The number of hydrogen-bond donors (Lipinski definition) is 1. The van der Waals surface area contributed by atoms with Crippen LogP contribution in [-0.4, -0.2) is 21.7 Å². The molecule has 0 spiro atoms. The Morgan fingerprint density at radius 3 is 2.68 bits per heavy atom. The predicted molar refractivity (Wildman–Crippen MR) is 135 cm³/mol. The van der Waals surface area contributed by atoms with Crippen molar-refractivity contribution in [3.8, 4) is 11.1 Å². The third-order valence-corrected chi connectivity index (χ3v) is 7.68. The summed E-state index contributed by atoms with van der Waals surface area (Å²) < 4.78 is 6.17. The molecule has 1 heterocycles. The van der Waals surface area contributed by atoms with Gasteiger partial charge in [0.1, 0.15) is 0 Å². The highest BCUT2D eigenvalue weighted by atomic mass is 16.5. The summed E-state index contributed by atoms with van der Waals surface area (Å²) in [7, 11) is 0. The SMILES string of the molecule is Cc1cc2ccccc2c(-c2ccc3c4c(ccnc24)C2CC32C)c1C(OC(C)(C)C)C(=O)O. The van der Waals surface area contributed by atoms with E-state index in [1.54, 1.807) is 0 Å². The average molecular weight is 452 g/mol. The Morgan fingerprint density at radius 1 is 1.18 bits per heavy atom. The number of ether oxygens (including phenoxy) is 1. The van der Waals surface area contributed by atoms with Crippen molar-refractivity contribution in [1.82, 2.24) is 4.98 Å². The zero-order valence-electron chi connectivity index (χ0n) is 20.3. The van der Waals surface area contributed by atoms with Crippen molar-refractivity contribution in [3.05, 3.63) is 77.0 Å². The number of carboxylic acids is 1. The van der Waals surface area contributed by atoms with Crippen molar-refractivity contribution >= 4 is 27.6 Å². The molecule has 4 aromatic rings. The maximum Gasteiger partial charge on any atom is 0.337 e. The number of hydrogen-bond acceptors (Lipinski definition) is 3. The van der Waals surface area contributed by atoms with Crippen LogP contribution in [0.15, 0.2) is 54.7 Å². The molecule has 1 N–H and O–H groups in total. The van der Waals surface area contributed by atoms with Gasteiger partial charge < -0.3 is 9.84 Å². The van der Waals surface area contributed by atoms with Crippen LogP contribution in [0.1, 0.15) is 68.4 Å². The topological polar surface area (TPSA) is 59.4 Å². The van der Waals surface area contributed by atoms with Crippen molar-refractivity contribution in [2.75, 3.05) is 0 Å². The molecule has 6 rings (SSSR count). The first-order valence-corrected chi connectivity index (χ1v) is 12.0. The van der Waals surface area contributed by atoms with Gasteiger partial charge in [0.2, 0.25) is 0 Å². The Labute approximate surface area is 199 Å². The third-order valence-electron chi connectivity index (χ3n) is 7.68. The number of rotatable bonds is 4. The highest BCUT2D eigenvalue weighted by molar-refractivity contribution is 6.09. The molecule has 3 unspecified atom stereocenters. The van der Waals surface area contributed by atoms with Crippen LogP contribution in [0, 0.1) is 6.92 Å². The van der Waals surface area contributed by atoms with Crippen LogP contribution >= 0.6 is 0 Å². The van der Waals surface area contributed by atoms with E-state index in [2.05, 4.69) is 43.3 Å². The van der Waals surface area contributed by atoms with E-state index in [4.69, 9.17) is 9.72 Å². The van der Waals surface area contributed by atoms with Crippen LogP contribution in [0.5, 0.6) is 0 Å². The Balaban J connectivity index is 1.72. The number of benzene rings is 3. The second-order valence-corrected chi connectivity index (χ2v) is 11.1. The number of pyridine rings is 1. The fraction of sp³-hybridized carbons (Fsp3) is 0.333. The fourth-order valence-corrected chi connectivity index (χ4v) is 6.10. The number of nitrogens with zero attached hydrogens (tertiary/aromatic N) is 1. The molecule has 2 aliphatic rings. The minimum absolute atomic E-state index is 0.207. The van der Waals surface area contributed by atoms with Crippen LogP contribution in [-0.2, 0) is 14.9 Å². The molecule has 1 aromatic heterocycles. The van der Waals surface area contributed by atoms with E-state index in [9.17, 15) is 9.90 Å². The number of carboxylic acid groups (broad SMARTS) is 1. The largest absolute Gasteiger partial charge is 0.479 e. The van der Waals surface area contributed by atoms with E-state index in [-0.39, 0.29) is 5.41 Å². The summed E-state index contributed by atoms with van der Waals surface area (Å²) in [5.41, 5.74) is 6.80. The van der Waals surface area contributed by atoms with Crippen molar-refractivity contribution in [3.63, 3.8) is 0 Å². The van der Waals surface area contributed by atoms with Gasteiger partial charge in [0.15, 0.2) is 6.10 Å². The van der Waals surface area contributed by atoms with Crippen molar-refractivity contribution in [2.24, 2.45) is 0 Å². The number of aryl methyl sites for hydroxylation is 1. The molecule has 0 saturated heterocycles. The zero-order valence-corrected chi connectivity index (χ0v) is 20.3. The smallest absolute Gasteiger partial charge is 0.337 e. The number of carbonyl (C=O) groups is 1. The molecule has 2 aliphatic carbocycles. The van der Waals surface area contributed by atoms with Crippen LogP contribution < -0.4 is 0 Å². The Bertz CT molecular complexity index is 1510. The minimum Gasteiger partial charge on any atom is -0.479 e. The molecule has 4 heteroatoms. The first-order valence-electron chi connectivity index (χ1n) is 12.0. The number of fused-ring (bicyclic) bond motifs is 4. The van der Waals surface area contributed by atoms with E-state index in [0.717, 1.165) is 33.0 Å². The van der Waals surface area contributed by atoms with Gasteiger partial charge in [-0.15, -0.1) is 0 Å². The van der Waals surface area contributed by atoms with Gasteiger partial charge in [-0.1, -0.05) is 49.4 Å². The monoisotopic (exact) mass is 451 g/mol. The average Bonchev–Trinajstić information content (AvgIpc) is 3.40. The fourth-order valence-electron chi connectivity index (χ4n) is 6.10. The van der Waals surface area contributed by atoms with Gasteiger partial charge in [0, 0.05) is 28.1 Å². The summed E-state index contributed by atoms with van der Waals surface area (Å²) in [6, 6.07) is 16.8. The van der Waals surface area contributed by atoms with Gasteiger partial charge in [-0.25, -0.2) is 4.79 Å². The lowest BCUT2D eigenvalue weighted by molar-refractivity contribution is -0.160. The molecule has 172 valence electrons. The van der Waals surface area contributed by atoms with Gasteiger partial charge in [0.25, 0.3) is 0 Å². The summed E-state index contributed by atoms with van der Waals surface area (Å²) in [5.74, 6) is -0.421. The highest BCUT2D eigenvalue weighted by Crippen LogP contribution is 2.67. The van der Waals surface area contributed by atoms with Crippen molar-refractivity contribution < 1.29 is 14.6 Å². The first-order chi connectivity index (χ1) is 16.1.